The minimum atomic E-state index is -0.0234. The molecule has 2 heterocycles. The molecule has 7 nitrogen and oxygen atoms in total. The topological polar surface area (TPSA) is 68.6 Å². The Morgan fingerprint density at radius 3 is 2.84 bits per heavy atom. The van der Waals surface area contributed by atoms with Gasteiger partial charge in [-0.2, -0.15) is 5.10 Å². The number of aromatic nitrogens is 2. The second-order valence-electron chi connectivity index (χ2n) is 7.25. The van der Waals surface area contributed by atoms with Crippen LogP contribution in [-0.4, -0.2) is 54.1 Å². The molecule has 0 bridgehead atoms. The summed E-state index contributed by atoms with van der Waals surface area (Å²) in [4.78, 5) is 14.7. The first-order valence-corrected chi connectivity index (χ1v) is 9.28. The molecule has 1 saturated heterocycles. The maximum absolute atomic E-state index is 12.8. The molecule has 1 spiro atoms. The van der Waals surface area contributed by atoms with E-state index in [2.05, 4.69) is 17.3 Å². The van der Waals surface area contributed by atoms with Gasteiger partial charge in [-0.1, -0.05) is 19.8 Å². The van der Waals surface area contributed by atoms with Crippen molar-refractivity contribution >= 4 is 6.03 Å². The summed E-state index contributed by atoms with van der Waals surface area (Å²) in [5, 5.41) is 7.53. The number of carbonyl (C=O) groups is 1. The summed E-state index contributed by atoms with van der Waals surface area (Å²) >= 11 is 0. The van der Waals surface area contributed by atoms with E-state index in [0.29, 0.717) is 25.6 Å². The zero-order chi connectivity index (χ0) is 17.9. The van der Waals surface area contributed by atoms with E-state index in [-0.39, 0.29) is 11.4 Å². The Balaban J connectivity index is 1.66. The fourth-order valence-electron chi connectivity index (χ4n) is 4.19. The minimum Gasteiger partial charge on any atom is -0.481 e. The van der Waals surface area contributed by atoms with Crippen molar-refractivity contribution in [3.05, 3.63) is 11.3 Å². The van der Waals surface area contributed by atoms with Crippen LogP contribution in [0, 0.1) is 5.41 Å². The normalized spacial score (nSPS) is 19.9. The minimum absolute atomic E-state index is 0.0234. The summed E-state index contributed by atoms with van der Waals surface area (Å²) in [6.07, 6.45) is 5.61. The fraction of sp³-hybridized carbons (Fsp3) is 0.778. The lowest BCUT2D eigenvalue weighted by Crippen LogP contribution is -2.45. The predicted molar refractivity (Wildman–Crippen MR) is 94.7 cm³/mol. The van der Waals surface area contributed by atoms with Crippen molar-refractivity contribution in [2.45, 2.75) is 45.6 Å². The molecule has 1 aliphatic carbocycles. The average Bonchev–Trinajstić information content (AvgIpc) is 3.11. The third-order valence-corrected chi connectivity index (χ3v) is 5.51. The second-order valence-corrected chi connectivity index (χ2v) is 7.25. The van der Waals surface area contributed by atoms with E-state index >= 15 is 0 Å². The van der Waals surface area contributed by atoms with Crippen molar-refractivity contribution in [3.8, 4) is 5.88 Å². The predicted octanol–water partition coefficient (Wildman–Crippen LogP) is 2.09. The Kier molecular flexibility index (Phi) is 5.51. The van der Waals surface area contributed by atoms with Crippen LogP contribution in [0.15, 0.2) is 0 Å². The summed E-state index contributed by atoms with van der Waals surface area (Å²) < 4.78 is 13.0. The van der Waals surface area contributed by atoms with Crippen LogP contribution in [0.3, 0.4) is 0 Å². The quantitative estimate of drug-likeness (QED) is 0.903. The number of nitrogens with one attached hydrogen (secondary N) is 1. The Hall–Kier alpha value is -1.76. The summed E-state index contributed by atoms with van der Waals surface area (Å²) in [6.45, 7) is 5.34. The van der Waals surface area contributed by atoms with Crippen LogP contribution in [-0.2, 0) is 24.8 Å². The smallest absolute Gasteiger partial charge is 0.317 e. The lowest BCUT2D eigenvalue weighted by atomic mass is 9.87. The number of nitrogens with zero attached hydrogens (tertiary/aromatic N) is 3. The molecule has 0 radical (unpaired) electrons. The molecule has 2 aliphatic rings. The molecule has 1 saturated carbocycles. The third-order valence-electron chi connectivity index (χ3n) is 5.51. The number of aryl methyl sites for hydroxylation is 2. The maximum atomic E-state index is 12.8. The zero-order valence-corrected chi connectivity index (χ0v) is 15.6. The van der Waals surface area contributed by atoms with Gasteiger partial charge in [0.05, 0.1) is 38.1 Å². The third kappa shape index (κ3) is 3.76. The van der Waals surface area contributed by atoms with Crippen molar-refractivity contribution in [3.63, 3.8) is 0 Å². The van der Waals surface area contributed by atoms with E-state index in [9.17, 15) is 4.79 Å². The van der Waals surface area contributed by atoms with Crippen molar-refractivity contribution < 1.29 is 14.3 Å². The zero-order valence-electron chi connectivity index (χ0n) is 15.6. The van der Waals surface area contributed by atoms with Crippen molar-refractivity contribution in [2.75, 3.05) is 33.4 Å². The van der Waals surface area contributed by atoms with Gasteiger partial charge in [0.1, 0.15) is 0 Å². The van der Waals surface area contributed by atoms with Crippen LogP contribution in [0.1, 0.15) is 43.9 Å². The summed E-state index contributed by atoms with van der Waals surface area (Å²) in [7, 11) is 3.50. The molecular formula is C18H30N4O3. The van der Waals surface area contributed by atoms with Gasteiger partial charge in [-0.3, -0.25) is 0 Å². The number of methoxy groups -OCH3 is 1. The van der Waals surface area contributed by atoms with Gasteiger partial charge in [0, 0.05) is 25.6 Å². The van der Waals surface area contributed by atoms with Crippen molar-refractivity contribution in [1.29, 1.82) is 0 Å². The van der Waals surface area contributed by atoms with Gasteiger partial charge < -0.3 is 19.7 Å². The monoisotopic (exact) mass is 350 g/mol. The molecule has 0 unspecified atom stereocenters. The molecule has 1 aromatic rings. The van der Waals surface area contributed by atoms with Crippen molar-refractivity contribution in [1.82, 2.24) is 20.0 Å². The molecular weight excluding hydrogens is 320 g/mol. The van der Waals surface area contributed by atoms with Gasteiger partial charge in [0.2, 0.25) is 5.88 Å². The van der Waals surface area contributed by atoms with Crippen LogP contribution in [0.2, 0.25) is 0 Å². The Morgan fingerprint density at radius 1 is 1.40 bits per heavy atom. The Labute approximate surface area is 149 Å². The molecule has 0 aromatic carbocycles. The molecule has 3 rings (SSSR count). The molecule has 1 N–H and O–H groups in total. The number of amides is 2. The number of hydrogen-bond acceptors (Lipinski definition) is 4. The molecule has 1 aromatic heterocycles. The van der Waals surface area contributed by atoms with Crippen LogP contribution >= 0.6 is 0 Å². The van der Waals surface area contributed by atoms with Gasteiger partial charge in [0.15, 0.2) is 0 Å². The summed E-state index contributed by atoms with van der Waals surface area (Å²) in [6, 6.07) is -0.0234. The maximum Gasteiger partial charge on any atom is 0.317 e. The Bertz CT molecular complexity index is 608. The highest BCUT2D eigenvalue weighted by Crippen LogP contribution is 2.40. The standard InChI is InChI=1S/C18H30N4O3/c1-4-15-14(16(24-3)21(2)20-15)11-19-17(23)22-9-10-25-13-18(12-22)7-5-6-8-18/h4-13H2,1-3H3,(H,19,23). The lowest BCUT2D eigenvalue weighted by molar-refractivity contribution is 0.0717. The highest BCUT2D eigenvalue weighted by Gasteiger charge is 2.38. The first-order valence-electron chi connectivity index (χ1n) is 9.28. The van der Waals surface area contributed by atoms with Gasteiger partial charge in [-0.05, 0) is 19.3 Å². The summed E-state index contributed by atoms with van der Waals surface area (Å²) in [5.41, 5.74) is 2.09. The second kappa shape index (κ2) is 7.64. The van der Waals surface area contributed by atoms with E-state index < -0.39 is 0 Å². The largest absolute Gasteiger partial charge is 0.481 e. The highest BCUT2D eigenvalue weighted by atomic mass is 16.5. The van der Waals surface area contributed by atoms with Crippen LogP contribution < -0.4 is 10.1 Å². The number of urea groups is 1. The Morgan fingerprint density at radius 2 is 2.16 bits per heavy atom. The van der Waals surface area contributed by atoms with E-state index in [1.54, 1.807) is 11.8 Å². The van der Waals surface area contributed by atoms with E-state index in [1.165, 1.54) is 12.8 Å². The van der Waals surface area contributed by atoms with Crippen molar-refractivity contribution in [2.24, 2.45) is 12.5 Å². The van der Waals surface area contributed by atoms with Crippen LogP contribution in [0.5, 0.6) is 5.88 Å². The number of carbonyl (C=O) groups excluding carboxylic acids is 1. The summed E-state index contributed by atoms with van der Waals surface area (Å²) in [5.74, 6) is 0.712. The van der Waals surface area contributed by atoms with E-state index in [0.717, 1.165) is 43.7 Å². The van der Waals surface area contributed by atoms with Crippen LogP contribution in [0.25, 0.3) is 0 Å². The first-order chi connectivity index (χ1) is 12.1. The first kappa shape index (κ1) is 18.0. The van der Waals surface area contributed by atoms with Gasteiger partial charge in [-0.25, -0.2) is 9.48 Å². The van der Waals surface area contributed by atoms with Gasteiger partial charge >= 0.3 is 6.03 Å². The number of rotatable bonds is 4. The molecule has 25 heavy (non-hydrogen) atoms. The average molecular weight is 350 g/mol. The van der Waals surface area contributed by atoms with E-state index in [4.69, 9.17) is 9.47 Å². The molecule has 0 atom stereocenters. The van der Waals surface area contributed by atoms with Crippen LogP contribution in [0.4, 0.5) is 4.79 Å². The number of hydrogen-bond donors (Lipinski definition) is 1. The number of ether oxygens (including phenoxy) is 2. The molecule has 140 valence electrons. The van der Waals surface area contributed by atoms with Gasteiger partial charge in [-0.15, -0.1) is 0 Å². The highest BCUT2D eigenvalue weighted by molar-refractivity contribution is 5.74. The van der Waals surface area contributed by atoms with Gasteiger partial charge in [0.25, 0.3) is 0 Å². The molecule has 7 heteroatoms. The molecule has 2 amide bonds. The molecule has 1 aliphatic heterocycles. The SMILES string of the molecule is CCc1nn(C)c(OC)c1CNC(=O)N1CCOCC2(CCCC2)C1. The fourth-order valence-corrected chi connectivity index (χ4v) is 4.19. The molecule has 2 fully saturated rings. The van der Waals surface area contributed by atoms with E-state index in [1.807, 2.05) is 11.9 Å². The lowest BCUT2D eigenvalue weighted by Gasteiger charge is -2.31.